The van der Waals surface area contributed by atoms with Crippen molar-refractivity contribution < 1.29 is 14.6 Å². The Hall–Kier alpha value is -1.55. The number of piperidine rings is 1. The molecule has 1 fully saturated rings. The number of fused-ring (bicyclic) bond motifs is 1. The van der Waals surface area contributed by atoms with E-state index < -0.39 is 5.97 Å². The highest BCUT2D eigenvalue weighted by Crippen LogP contribution is 2.40. The number of benzene rings is 1. The predicted octanol–water partition coefficient (Wildman–Crippen LogP) is 2.24. The molecule has 0 atom stereocenters. The number of likely N-dealkylation sites (tertiary alicyclic amines) is 1. The van der Waals surface area contributed by atoms with Crippen molar-refractivity contribution in [3.63, 3.8) is 0 Å². The van der Waals surface area contributed by atoms with E-state index in [-0.39, 0.29) is 12.1 Å². The molecule has 0 bridgehead atoms. The molecule has 1 saturated heterocycles. The van der Waals surface area contributed by atoms with E-state index in [1.165, 1.54) is 11.1 Å². The van der Waals surface area contributed by atoms with E-state index in [2.05, 4.69) is 25.1 Å². The standard InChI is InChI=1S/C16H21NO3/c1-12-3-2-4-13-5-6-16(20-15(12)13)7-9-17(10-8-16)11-14(18)19/h2-4H,5-11H2,1H3,(H,18,19). The summed E-state index contributed by atoms with van der Waals surface area (Å²) in [7, 11) is 0. The van der Waals surface area contributed by atoms with Crippen molar-refractivity contribution in [2.75, 3.05) is 19.6 Å². The number of aryl methyl sites for hydroxylation is 2. The highest BCUT2D eigenvalue weighted by molar-refractivity contribution is 5.69. The average molecular weight is 275 g/mol. The Balaban J connectivity index is 1.71. The first-order chi connectivity index (χ1) is 9.58. The molecule has 1 aromatic rings. The summed E-state index contributed by atoms with van der Waals surface area (Å²) < 4.78 is 6.37. The number of carbonyl (C=O) groups is 1. The van der Waals surface area contributed by atoms with Gasteiger partial charge in [-0.05, 0) is 43.7 Å². The smallest absolute Gasteiger partial charge is 0.317 e. The number of aliphatic carboxylic acids is 1. The number of hydrogen-bond donors (Lipinski definition) is 1. The number of carboxylic acids is 1. The van der Waals surface area contributed by atoms with Gasteiger partial charge >= 0.3 is 5.97 Å². The molecule has 0 aliphatic carbocycles. The Morgan fingerprint density at radius 3 is 2.80 bits per heavy atom. The van der Waals surface area contributed by atoms with Crippen LogP contribution >= 0.6 is 0 Å². The zero-order valence-corrected chi connectivity index (χ0v) is 11.9. The lowest BCUT2D eigenvalue weighted by molar-refractivity contribution is -0.139. The predicted molar refractivity (Wildman–Crippen MR) is 76.2 cm³/mol. The molecule has 0 amide bonds. The minimum Gasteiger partial charge on any atom is -0.487 e. The molecular formula is C16H21NO3. The highest BCUT2D eigenvalue weighted by Gasteiger charge is 2.39. The molecule has 1 spiro atoms. The van der Waals surface area contributed by atoms with Gasteiger partial charge < -0.3 is 9.84 Å². The van der Waals surface area contributed by atoms with Crippen molar-refractivity contribution in [1.29, 1.82) is 0 Å². The van der Waals surface area contributed by atoms with Crippen molar-refractivity contribution in [1.82, 2.24) is 4.90 Å². The van der Waals surface area contributed by atoms with Crippen LogP contribution in [0.4, 0.5) is 0 Å². The average Bonchev–Trinajstić information content (AvgIpc) is 2.42. The van der Waals surface area contributed by atoms with Crippen LogP contribution < -0.4 is 4.74 Å². The van der Waals surface area contributed by atoms with Gasteiger partial charge in [0.15, 0.2) is 0 Å². The maximum Gasteiger partial charge on any atom is 0.317 e. The minimum atomic E-state index is -0.744. The first-order valence-corrected chi connectivity index (χ1v) is 7.30. The maximum absolute atomic E-state index is 10.8. The van der Waals surface area contributed by atoms with Crippen LogP contribution in [0.1, 0.15) is 30.4 Å². The first-order valence-electron chi connectivity index (χ1n) is 7.30. The third-order valence-corrected chi connectivity index (χ3v) is 4.59. The first kappa shape index (κ1) is 13.4. The molecule has 0 unspecified atom stereocenters. The number of hydrogen-bond acceptors (Lipinski definition) is 3. The van der Waals surface area contributed by atoms with Gasteiger partial charge in [0.05, 0.1) is 6.54 Å². The van der Waals surface area contributed by atoms with Gasteiger partial charge in [-0.2, -0.15) is 0 Å². The van der Waals surface area contributed by atoms with E-state index in [4.69, 9.17) is 9.84 Å². The molecule has 108 valence electrons. The number of para-hydroxylation sites is 1. The minimum absolute atomic E-state index is 0.0753. The lowest BCUT2D eigenvalue weighted by Crippen LogP contribution is -2.50. The number of rotatable bonds is 2. The Labute approximate surface area is 119 Å². The van der Waals surface area contributed by atoms with Crippen LogP contribution in [0.2, 0.25) is 0 Å². The summed E-state index contributed by atoms with van der Waals surface area (Å²) in [5.41, 5.74) is 2.44. The quantitative estimate of drug-likeness (QED) is 0.899. The zero-order chi connectivity index (χ0) is 14.2. The molecule has 0 aromatic heterocycles. The molecule has 2 heterocycles. The van der Waals surface area contributed by atoms with Crippen LogP contribution in [-0.4, -0.2) is 41.2 Å². The lowest BCUT2D eigenvalue weighted by atomic mass is 9.82. The fraction of sp³-hybridized carbons (Fsp3) is 0.562. The lowest BCUT2D eigenvalue weighted by Gasteiger charge is -2.44. The van der Waals surface area contributed by atoms with Crippen LogP contribution in [0.15, 0.2) is 18.2 Å². The van der Waals surface area contributed by atoms with E-state index >= 15 is 0 Å². The van der Waals surface area contributed by atoms with Crippen LogP contribution in [-0.2, 0) is 11.2 Å². The molecule has 20 heavy (non-hydrogen) atoms. The van der Waals surface area contributed by atoms with Gasteiger partial charge in [0.1, 0.15) is 11.4 Å². The van der Waals surface area contributed by atoms with E-state index in [1.54, 1.807) is 0 Å². The summed E-state index contributed by atoms with van der Waals surface area (Å²) in [6, 6.07) is 6.33. The van der Waals surface area contributed by atoms with E-state index in [9.17, 15) is 4.79 Å². The van der Waals surface area contributed by atoms with Gasteiger partial charge in [-0.15, -0.1) is 0 Å². The van der Waals surface area contributed by atoms with Crippen molar-refractivity contribution >= 4 is 5.97 Å². The molecule has 4 nitrogen and oxygen atoms in total. The second-order valence-corrected chi connectivity index (χ2v) is 6.02. The largest absolute Gasteiger partial charge is 0.487 e. The molecule has 2 aliphatic rings. The van der Waals surface area contributed by atoms with E-state index in [0.717, 1.165) is 44.5 Å². The molecule has 4 heteroatoms. The van der Waals surface area contributed by atoms with Gasteiger partial charge in [-0.1, -0.05) is 18.2 Å². The second-order valence-electron chi connectivity index (χ2n) is 6.02. The SMILES string of the molecule is Cc1cccc2c1OC1(CC2)CCN(CC(=O)O)CC1. The summed E-state index contributed by atoms with van der Waals surface area (Å²) in [5.74, 6) is 0.317. The highest BCUT2D eigenvalue weighted by atomic mass is 16.5. The molecule has 1 aromatic carbocycles. The molecule has 2 aliphatic heterocycles. The summed E-state index contributed by atoms with van der Waals surface area (Å²) >= 11 is 0. The van der Waals surface area contributed by atoms with Crippen LogP contribution in [0.5, 0.6) is 5.75 Å². The monoisotopic (exact) mass is 275 g/mol. The zero-order valence-electron chi connectivity index (χ0n) is 11.9. The number of carboxylic acid groups (broad SMARTS) is 1. The molecule has 0 saturated carbocycles. The Kier molecular flexibility index (Phi) is 3.42. The van der Waals surface area contributed by atoms with Gasteiger partial charge in [0, 0.05) is 13.1 Å². The molecular weight excluding hydrogens is 254 g/mol. The summed E-state index contributed by atoms with van der Waals surface area (Å²) in [6.45, 7) is 3.87. The Morgan fingerprint density at radius 2 is 2.10 bits per heavy atom. The topological polar surface area (TPSA) is 49.8 Å². The van der Waals surface area contributed by atoms with Crippen LogP contribution in [0.25, 0.3) is 0 Å². The van der Waals surface area contributed by atoms with Gasteiger partial charge in [0.25, 0.3) is 0 Å². The van der Waals surface area contributed by atoms with E-state index in [1.807, 2.05) is 4.90 Å². The van der Waals surface area contributed by atoms with Crippen molar-refractivity contribution in [2.45, 2.75) is 38.2 Å². The van der Waals surface area contributed by atoms with E-state index in [0.29, 0.717) is 0 Å². The fourth-order valence-electron chi connectivity index (χ4n) is 3.35. The van der Waals surface area contributed by atoms with Crippen LogP contribution in [0, 0.1) is 6.92 Å². The second kappa shape index (κ2) is 5.09. The fourth-order valence-corrected chi connectivity index (χ4v) is 3.35. The maximum atomic E-state index is 10.8. The van der Waals surface area contributed by atoms with Crippen LogP contribution in [0.3, 0.4) is 0 Å². The van der Waals surface area contributed by atoms with Gasteiger partial charge in [-0.25, -0.2) is 0 Å². The summed E-state index contributed by atoms with van der Waals surface area (Å²) in [5, 5.41) is 8.86. The molecule has 0 radical (unpaired) electrons. The number of ether oxygens (including phenoxy) is 1. The Morgan fingerprint density at radius 1 is 1.35 bits per heavy atom. The van der Waals surface area contributed by atoms with Crippen molar-refractivity contribution in [3.8, 4) is 5.75 Å². The van der Waals surface area contributed by atoms with Gasteiger partial charge in [0.2, 0.25) is 0 Å². The third-order valence-electron chi connectivity index (χ3n) is 4.59. The summed E-state index contributed by atoms with van der Waals surface area (Å²) in [4.78, 5) is 12.8. The normalized spacial score (nSPS) is 21.2. The van der Waals surface area contributed by atoms with Crippen molar-refractivity contribution in [2.24, 2.45) is 0 Å². The summed E-state index contributed by atoms with van der Waals surface area (Å²) in [6.07, 6.45) is 3.96. The van der Waals surface area contributed by atoms with Gasteiger partial charge in [-0.3, -0.25) is 9.69 Å². The Bertz CT molecular complexity index is 518. The number of nitrogens with zero attached hydrogens (tertiary/aromatic N) is 1. The molecule has 1 N–H and O–H groups in total. The molecule has 3 rings (SSSR count). The van der Waals surface area contributed by atoms with Crippen molar-refractivity contribution in [3.05, 3.63) is 29.3 Å². The third kappa shape index (κ3) is 2.52.